The lowest BCUT2D eigenvalue weighted by Crippen LogP contribution is -2.49. The molecule has 8 nitrogen and oxygen atoms in total. The number of amides is 1. The van der Waals surface area contributed by atoms with Crippen LogP contribution in [0.25, 0.3) is 0 Å². The maximum absolute atomic E-state index is 11.9. The van der Waals surface area contributed by atoms with Crippen LogP contribution in [0.2, 0.25) is 0 Å². The summed E-state index contributed by atoms with van der Waals surface area (Å²) in [6.45, 7) is 6.99. The van der Waals surface area contributed by atoms with Crippen LogP contribution in [0.1, 0.15) is 11.5 Å². The molecule has 24 heavy (non-hydrogen) atoms. The molecule has 128 valence electrons. The highest BCUT2D eigenvalue weighted by Crippen LogP contribution is 2.09. The third-order valence-electron chi connectivity index (χ3n) is 3.97. The number of nitrogens with one attached hydrogen (secondary N) is 1. The second-order valence-corrected chi connectivity index (χ2v) is 5.84. The van der Waals surface area contributed by atoms with Crippen molar-refractivity contribution in [1.82, 2.24) is 25.3 Å². The van der Waals surface area contributed by atoms with Crippen LogP contribution < -0.4 is 10.2 Å². The van der Waals surface area contributed by atoms with Gasteiger partial charge in [0.1, 0.15) is 5.76 Å². The normalized spacial score (nSPS) is 15.5. The fraction of sp³-hybridized carbons (Fsp3) is 0.500. The quantitative estimate of drug-likeness (QED) is 0.812. The van der Waals surface area contributed by atoms with Crippen LogP contribution >= 0.6 is 0 Å². The fourth-order valence-electron chi connectivity index (χ4n) is 2.70. The summed E-state index contributed by atoms with van der Waals surface area (Å²) in [7, 11) is 0. The molecule has 2 aromatic heterocycles. The van der Waals surface area contributed by atoms with E-state index >= 15 is 0 Å². The first-order valence-corrected chi connectivity index (χ1v) is 8.14. The molecule has 3 heterocycles. The molecule has 0 saturated carbocycles. The number of nitrogens with zero attached hydrogens (tertiary/aromatic N) is 5. The van der Waals surface area contributed by atoms with Gasteiger partial charge in [0, 0.05) is 57.7 Å². The van der Waals surface area contributed by atoms with Gasteiger partial charge in [-0.15, -0.1) is 0 Å². The first kappa shape index (κ1) is 16.4. The van der Waals surface area contributed by atoms with Gasteiger partial charge >= 0.3 is 0 Å². The Morgan fingerprint density at radius 2 is 2.00 bits per heavy atom. The van der Waals surface area contributed by atoms with Gasteiger partial charge in [0.05, 0.1) is 12.1 Å². The molecule has 8 heteroatoms. The van der Waals surface area contributed by atoms with Crippen LogP contribution in [0.4, 0.5) is 5.95 Å². The van der Waals surface area contributed by atoms with Gasteiger partial charge in [0.25, 0.3) is 0 Å². The average Bonchev–Trinajstić information content (AvgIpc) is 3.01. The number of aryl methyl sites for hydroxylation is 1. The molecule has 1 amide bonds. The van der Waals surface area contributed by atoms with E-state index in [-0.39, 0.29) is 12.3 Å². The molecule has 3 rings (SSSR count). The van der Waals surface area contributed by atoms with Gasteiger partial charge < -0.3 is 14.7 Å². The predicted octanol–water partition coefficient (Wildman–Crippen LogP) is 0.254. The number of anilines is 1. The minimum absolute atomic E-state index is 0.0394. The summed E-state index contributed by atoms with van der Waals surface area (Å²) in [4.78, 5) is 24.9. The highest BCUT2D eigenvalue weighted by Gasteiger charge is 2.18. The van der Waals surface area contributed by atoms with Crippen LogP contribution in [0, 0.1) is 6.92 Å². The standard InChI is InChI=1S/C16H22N6O2/c1-13-11-14(24-20-13)12-15(23)17-5-6-21-7-9-22(10-8-21)16-18-3-2-4-19-16/h2-4,11H,5-10,12H2,1H3,(H,17,23). The van der Waals surface area contributed by atoms with E-state index in [0.29, 0.717) is 12.3 Å². The maximum atomic E-state index is 11.9. The van der Waals surface area contributed by atoms with Gasteiger partial charge in [-0.25, -0.2) is 9.97 Å². The number of carbonyl (C=O) groups excluding carboxylic acids is 1. The van der Waals surface area contributed by atoms with Crippen molar-refractivity contribution in [2.24, 2.45) is 0 Å². The number of rotatable bonds is 6. The number of piperazine rings is 1. The van der Waals surface area contributed by atoms with Crippen molar-refractivity contribution in [3.05, 3.63) is 36.0 Å². The molecule has 0 bridgehead atoms. The van der Waals surface area contributed by atoms with Crippen LogP contribution in [0.5, 0.6) is 0 Å². The molecule has 2 aromatic rings. The van der Waals surface area contributed by atoms with Crippen molar-refractivity contribution in [3.8, 4) is 0 Å². The molecule has 1 saturated heterocycles. The summed E-state index contributed by atoms with van der Waals surface area (Å²) >= 11 is 0. The second-order valence-electron chi connectivity index (χ2n) is 5.84. The minimum Gasteiger partial charge on any atom is -0.361 e. The van der Waals surface area contributed by atoms with E-state index in [1.807, 2.05) is 13.0 Å². The Morgan fingerprint density at radius 1 is 1.25 bits per heavy atom. The molecule has 1 fully saturated rings. The van der Waals surface area contributed by atoms with E-state index in [4.69, 9.17) is 4.52 Å². The Balaban J connectivity index is 1.34. The van der Waals surface area contributed by atoms with E-state index in [9.17, 15) is 4.79 Å². The third-order valence-corrected chi connectivity index (χ3v) is 3.97. The molecule has 0 aliphatic carbocycles. The van der Waals surface area contributed by atoms with Crippen molar-refractivity contribution < 1.29 is 9.32 Å². The smallest absolute Gasteiger partial charge is 0.227 e. The second kappa shape index (κ2) is 7.87. The molecular weight excluding hydrogens is 308 g/mol. The van der Waals surface area contributed by atoms with E-state index < -0.39 is 0 Å². The monoisotopic (exact) mass is 330 g/mol. The van der Waals surface area contributed by atoms with Crippen LogP contribution in [-0.4, -0.2) is 65.2 Å². The lowest BCUT2D eigenvalue weighted by atomic mass is 10.3. The van der Waals surface area contributed by atoms with Crippen LogP contribution in [0.3, 0.4) is 0 Å². The van der Waals surface area contributed by atoms with Crippen molar-refractivity contribution in [2.45, 2.75) is 13.3 Å². The zero-order chi connectivity index (χ0) is 16.8. The molecule has 0 unspecified atom stereocenters. The summed E-state index contributed by atoms with van der Waals surface area (Å²) in [5, 5.41) is 6.70. The first-order valence-electron chi connectivity index (χ1n) is 8.14. The van der Waals surface area contributed by atoms with Crippen molar-refractivity contribution in [3.63, 3.8) is 0 Å². The Hall–Kier alpha value is -2.48. The molecule has 0 aromatic carbocycles. The highest BCUT2D eigenvalue weighted by atomic mass is 16.5. The number of aromatic nitrogens is 3. The largest absolute Gasteiger partial charge is 0.361 e. The van der Waals surface area contributed by atoms with E-state index in [2.05, 4.69) is 30.2 Å². The molecule has 1 N–H and O–H groups in total. The number of hydrogen-bond acceptors (Lipinski definition) is 7. The number of hydrogen-bond donors (Lipinski definition) is 1. The Morgan fingerprint density at radius 3 is 2.67 bits per heavy atom. The Kier molecular flexibility index (Phi) is 5.37. The molecule has 0 atom stereocenters. The molecular formula is C16H22N6O2. The van der Waals surface area contributed by atoms with E-state index in [1.54, 1.807) is 18.5 Å². The van der Waals surface area contributed by atoms with Gasteiger partial charge in [0.2, 0.25) is 11.9 Å². The zero-order valence-electron chi connectivity index (χ0n) is 13.8. The Labute approximate surface area is 140 Å². The van der Waals surface area contributed by atoms with Crippen molar-refractivity contribution in [2.75, 3.05) is 44.2 Å². The van der Waals surface area contributed by atoms with E-state index in [1.165, 1.54) is 0 Å². The number of carbonyl (C=O) groups is 1. The van der Waals surface area contributed by atoms with Gasteiger partial charge in [0.15, 0.2) is 0 Å². The fourth-order valence-corrected chi connectivity index (χ4v) is 2.70. The SMILES string of the molecule is Cc1cc(CC(=O)NCCN2CCN(c3ncccn3)CC2)on1. The molecule has 1 aliphatic rings. The summed E-state index contributed by atoms with van der Waals surface area (Å²) in [5.41, 5.74) is 0.790. The van der Waals surface area contributed by atoms with Crippen molar-refractivity contribution >= 4 is 11.9 Å². The third kappa shape index (κ3) is 4.51. The minimum atomic E-state index is -0.0394. The summed E-state index contributed by atoms with van der Waals surface area (Å²) in [6, 6.07) is 3.60. The van der Waals surface area contributed by atoms with Gasteiger partial charge in [-0.05, 0) is 13.0 Å². The first-order chi connectivity index (χ1) is 11.7. The van der Waals surface area contributed by atoms with Crippen LogP contribution in [0.15, 0.2) is 29.0 Å². The summed E-state index contributed by atoms with van der Waals surface area (Å²) < 4.78 is 5.05. The maximum Gasteiger partial charge on any atom is 0.227 e. The van der Waals surface area contributed by atoms with Crippen LogP contribution in [-0.2, 0) is 11.2 Å². The zero-order valence-corrected chi connectivity index (χ0v) is 13.8. The molecule has 0 radical (unpaired) electrons. The van der Waals surface area contributed by atoms with Gasteiger partial charge in [-0.3, -0.25) is 9.69 Å². The predicted molar refractivity (Wildman–Crippen MR) is 88.6 cm³/mol. The van der Waals surface area contributed by atoms with Gasteiger partial charge in [-0.2, -0.15) is 0 Å². The average molecular weight is 330 g/mol. The summed E-state index contributed by atoms with van der Waals surface area (Å²) in [6.07, 6.45) is 3.76. The summed E-state index contributed by atoms with van der Waals surface area (Å²) in [5.74, 6) is 1.34. The highest BCUT2D eigenvalue weighted by molar-refractivity contribution is 5.77. The lowest BCUT2D eigenvalue weighted by molar-refractivity contribution is -0.120. The topological polar surface area (TPSA) is 87.4 Å². The molecule has 1 aliphatic heterocycles. The lowest BCUT2D eigenvalue weighted by Gasteiger charge is -2.34. The van der Waals surface area contributed by atoms with Gasteiger partial charge in [-0.1, -0.05) is 5.16 Å². The molecule has 0 spiro atoms. The Bertz CT molecular complexity index is 652. The van der Waals surface area contributed by atoms with E-state index in [0.717, 1.165) is 44.4 Å². The van der Waals surface area contributed by atoms with Crippen molar-refractivity contribution in [1.29, 1.82) is 0 Å².